The fourth-order valence-corrected chi connectivity index (χ4v) is 3.81. The standard InChI is InChI=1S/C19H25F2N3O6S2/c1-31-5-3-4-16(25)17(26)14(8-11-6-12(20)9-13(21)7-11)22-18(27)15-10-30-19(23-15)24-32(2,28)29/h6-7,9-10,14,16-17,25-26H,3-5,8H2,1-2H3,(H,22,27)(H,23,24). The molecule has 178 valence electrons. The van der Waals surface area contributed by atoms with Crippen LogP contribution in [0.2, 0.25) is 0 Å². The van der Waals surface area contributed by atoms with Crippen molar-refractivity contribution in [3.05, 3.63) is 47.4 Å². The summed E-state index contributed by atoms with van der Waals surface area (Å²) in [6.45, 7) is 0. The molecule has 32 heavy (non-hydrogen) atoms. The summed E-state index contributed by atoms with van der Waals surface area (Å²) in [5, 5.41) is 23.5. The van der Waals surface area contributed by atoms with Crippen LogP contribution in [0.4, 0.5) is 14.8 Å². The Balaban J connectivity index is 2.20. The number of hydrogen-bond acceptors (Lipinski definition) is 8. The van der Waals surface area contributed by atoms with Gasteiger partial charge in [0.15, 0.2) is 5.69 Å². The molecule has 1 heterocycles. The predicted octanol–water partition coefficient (Wildman–Crippen LogP) is 1.53. The minimum atomic E-state index is -3.68. The molecule has 4 N–H and O–H groups in total. The van der Waals surface area contributed by atoms with Crippen molar-refractivity contribution in [2.75, 3.05) is 23.0 Å². The number of oxazole rings is 1. The SMILES string of the molecule is CSCCCC(O)C(O)C(Cc1cc(F)cc(F)c1)NC(=O)c1coc(NS(C)(=O)=O)n1. The fourth-order valence-electron chi connectivity index (χ4n) is 2.94. The average molecular weight is 494 g/mol. The van der Waals surface area contributed by atoms with Gasteiger partial charge < -0.3 is 19.9 Å². The van der Waals surface area contributed by atoms with E-state index in [2.05, 4.69) is 10.3 Å². The van der Waals surface area contributed by atoms with Crippen molar-refractivity contribution in [1.82, 2.24) is 10.3 Å². The third kappa shape index (κ3) is 8.37. The molecule has 1 aromatic carbocycles. The third-order valence-corrected chi connectivity index (χ3v) is 5.60. The lowest BCUT2D eigenvalue weighted by atomic mass is 9.95. The van der Waals surface area contributed by atoms with Crippen LogP contribution >= 0.6 is 11.8 Å². The number of halogens is 2. The largest absolute Gasteiger partial charge is 0.431 e. The maximum atomic E-state index is 13.6. The summed E-state index contributed by atoms with van der Waals surface area (Å²) < 4.78 is 56.5. The average Bonchev–Trinajstić information content (AvgIpc) is 3.13. The highest BCUT2D eigenvalue weighted by atomic mass is 32.2. The minimum Gasteiger partial charge on any atom is -0.431 e. The Morgan fingerprint density at radius 2 is 1.91 bits per heavy atom. The van der Waals surface area contributed by atoms with Crippen molar-refractivity contribution in [3.63, 3.8) is 0 Å². The van der Waals surface area contributed by atoms with E-state index < -0.39 is 51.8 Å². The van der Waals surface area contributed by atoms with E-state index in [9.17, 15) is 32.2 Å². The fraction of sp³-hybridized carbons (Fsp3) is 0.474. The summed E-state index contributed by atoms with van der Waals surface area (Å²) in [4.78, 5) is 16.3. The molecular weight excluding hydrogens is 468 g/mol. The molecule has 3 unspecified atom stereocenters. The van der Waals surface area contributed by atoms with Crippen molar-refractivity contribution in [1.29, 1.82) is 0 Å². The highest BCUT2D eigenvalue weighted by molar-refractivity contribution is 7.98. The number of nitrogens with one attached hydrogen (secondary N) is 2. The number of aliphatic hydroxyl groups is 2. The van der Waals surface area contributed by atoms with Gasteiger partial charge in [-0.1, -0.05) is 0 Å². The molecule has 0 fully saturated rings. The number of anilines is 1. The van der Waals surface area contributed by atoms with E-state index in [1.165, 1.54) is 0 Å². The zero-order valence-electron chi connectivity index (χ0n) is 17.4. The number of hydrogen-bond donors (Lipinski definition) is 4. The minimum absolute atomic E-state index is 0.155. The van der Waals surface area contributed by atoms with Crippen molar-refractivity contribution >= 4 is 33.7 Å². The second-order valence-electron chi connectivity index (χ2n) is 7.17. The van der Waals surface area contributed by atoms with E-state index in [0.717, 1.165) is 30.4 Å². The highest BCUT2D eigenvalue weighted by Gasteiger charge is 2.29. The molecule has 1 aromatic heterocycles. The second kappa shape index (κ2) is 11.6. The molecule has 0 spiro atoms. The first-order chi connectivity index (χ1) is 15.0. The highest BCUT2D eigenvalue weighted by Crippen LogP contribution is 2.17. The number of thioether (sulfide) groups is 1. The van der Waals surface area contributed by atoms with Crippen molar-refractivity contribution < 1.29 is 36.6 Å². The molecule has 0 saturated heterocycles. The summed E-state index contributed by atoms with van der Waals surface area (Å²) in [6, 6.07) is 1.24. The Morgan fingerprint density at radius 3 is 2.50 bits per heavy atom. The van der Waals surface area contributed by atoms with Crippen LogP contribution in [0.1, 0.15) is 28.9 Å². The Kier molecular flexibility index (Phi) is 9.43. The quantitative estimate of drug-likeness (QED) is 0.326. The van der Waals surface area contributed by atoms with Gasteiger partial charge in [-0.15, -0.1) is 0 Å². The summed E-state index contributed by atoms with van der Waals surface area (Å²) in [7, 11) is -3.68. The van der Waals surface area contributed by atoms with Crippen molar-refractivity contribution in [3.8, 4) is 0 Å². The summed E-state index contributed by atoms with van der Waals surface area (Å²) >= 11 is 1.57. The zero-order valence-corrected chi connectivity index (χ0v) is 19.0. The van der Waals surface area contributed by atoms with E-state index in [0.29, 0.717) is 12.5 Å². The number of amides is 1. The van der Waals surface area contributed by atoms with Gasteiger partial charge in [0.05, 0.1) is 18.4 Å². The van der Waals surface area contributed by atoms with E-state index in [1.54, 1.807) is 11.8 Å². The summed E-state index contributed by atoms with van der Waals surface area (Å²) in [5.41, 5.74) is -0.140. The molecule has 0 radical (unpaired) electrons. The smallest absolute Gasteiger partial charge is 0.309 e. The normalized spacial score (nSPS) is 14.6. The number of aromatic nitrogens is 1. The van der Waals surface area contributed by atoms with Crippen LogP contribution in [-0.4, -0.2) is 66.0 Å². The van der Waals surface area contributed by atoms with E-state index in [1.807, 2.05) is 11.0 Å². The first kappa shape index (κ1) is 26.0. The first-order valence-electron chi connectivity index (χ1n) is 9.52. The molecule has 9 nitrogen and oxygen atoms in total. The number of sulfonamides is 1. The van der Waals surface area contributed by atoms with Crippen LogP contribution < -0.4 is 10.0 Å². The molecule has 0 aliphatic heterocycles. The molecule has 0 bridgehead atoms. The second-order valence-corrected chi connectivity index (χ2v) is 9.90. The third-order valence-electron chi connectivity index (χ3n) is 4.36. The lowest BCUT2D eigenvalue weighted by Gasteiger charge is -2.28. The van der Waals surface area contributed by atoms with Crippen molar-refractivity contribution in [2.24, 2.45) is 0 Å². The van der Waals surface area contributed by atoms with Gasteiger partial charge in [-0.25, -0.2) is 21.9 Å². The van der Waals surface area contributed by atoms with Gasteiger partial charge in [0, 0.05) is 6.07 Å². The zero-order chi connectivity index (χ0) is 23.9. The van der Waals surface area contributed by atoms with Gasteiger partial charge in [-0.05, 0) is 49.0 Å². The van der Waals surface area contributed by atoms with E-state index in [4.69, 9.17) is 4.42 Å². The lowest BCUT2D eigenvalue weighted by Crippen LogP contribution is -2.50. The molecule has 0 aliphatic rings. The van der Waals surface area contributed by atoms with Gasteiger partial charge in [0.1, 0.15) is 24.0 Å². The number of benzene rings is 1. The van der Waals surface area contributed by atoms with Crippen LogP contribution in [0.5, 0.6) is 0 Å². The van der Waals surface area contributed by atoms with Crippen LogP contribution in [-0.2, 0) is 16.4 Å². The number of aliphatic hydroxyl groups excluding tert-OH is 2. The Bertz CT molecular complexity index is 998. The molecule has 1 amide bonds. The Hall–Kier alpha value is -2.22. The van der Waals surface area contributed by atoms with Gasteiger partial charge in [0.25, 0.3) is 5.91 Å². The number of carbonyl (C=O) groups is 1. The first-order valence-corrected chi connectivity index (χ1v) is 12.8. The molecule has 2 aromatic rings. The molecule has 0 aliphatic carbocycles. The molecule has 0 saturated carbocycles. The lowest BCUT2D eigenvalue weighted by molar-refractivity contribution is -0.00736. The van der Waals surface area contributed by atoms with Gasteiger partial charge in [-0.3, -0.25) is 4.79 Å². The molecule has 3 atom stereocenters. The van der Waals surface area contributed by atoms with Crippen LogP contribution in [0.15, 0.2) is 28.9 Å². The Morgan fingerprint density at radius 1 is 1.25 bits per heavy atom. The predicted molar refractivity (Wildman–Crippen MR) is 116 cm³/mol. The van der Waals surface area contributed by atoms with Crippen molar-refractivity contribution in [2.45, 2.75) is 37.5 Å². The van der Waals surface area contributed by atoms with Crippen LogP contribution in [0.3, 0.4) is 0 Å². The summed E-state index contributed by atoms with van der Waals surface area (Å²) in [5.74, 6) is -1.74. The van der Waals surface area contributed by atoms with Gasteiger partial charge >= 0.3 is 6.01 Å². The van der Waals surface area contributed by atoms with Gasteiger partial charge in [-0.2, -0.15) is 16.7 Å². The monoisotopic (exact) mass is 493 g/mol. The maximum Gasteiger partial charge on any atom is 0.309 e. The van der Waals surface area contributed by atoms with Crippen LogP contribution in [0, 0.1) is 11.6 Å². The van der Waals surface area contributed by atoms with E-state index >= 15 is 0 Å². The number of carbonyl (C=O) groups excluding carboxylic acids is 1. The summed E-state index contributed by atoms with van der Waals surface area (Å²) in [6.07, 6.45) is 1.70. The van der Waals surface area contributed by atoms with Gasteiger partial charge in [0.2, 0.25) is 10.0 Å². The molecule has 2 rings (SSSR count). The maximum absolute atomic E-state index is 13.6. The topological polar surface area (TPSA) is 142 Å². The molecule has 13 heteroatoms. The molecular formula is C19H25F2N3O6S2. The number of rotatable bonds is 12. The number of nitrogens with zero attached hydrogens (tertiary/aromatic N) is 1. The van der Waals surface area contributed by atoms with E-state index in [-0.39, 0.29) is 24.1 Å². The Labute approximate surface area is 188 Å². The van der Waals surface area contributed by atoms with Crippen LogP contribution in [0.25, 0.3) is 0 Å².